The molecule has 2 N–H and O–H groups in total. The third-order valence-corrected chi connectivity index (χ3v) is 5.58. The Kier molecular flexibility index (Phi) is 4.68. The first kappa shape index (κ1) is 17.1. The largest absolute Gasteiger partial charge is 0.473 e. The van der Waals surface area contributed by atoms with E-state index < -0.39 is 0 Å². The number of ether oxygens (including phenoxy) is 1. The summed E-state index contributed by atoms with van der Waals surface area (Å²) in [4.78, 5) is 6.70. The molecule has 1 aromatic carbocycles. The van der Waals surface area contributed by atoms with Gasteiger partial charge in [-0.1, -0.05) is 12.1 Å². The molecule has 4 rings (SSSR count). The normalized spacial score (nSPS) is 17.1. The van der Waals surface area contributed by atoms with Gasteiger partial charge in [-0.3, -0.25) is 0 Å². The zero-order valence-corrected chi connectivity index (χ0v) is 15.7. The van der Waals surface area contributed by atoms with Gasteiger partial charge in [-0.2, -0.15) is 0 Å². The van der Waals surface area contributed by atoms with Crippen LogP contribution in [0.25, 0.3) is 11.1 Å². The van der Waals surface area contributed by atoms with Crippen LogP contribution >= 0.6 is 0 Å². The summed E-state index contributed by atoms with van der Waals surface area (Å²) in [5.74, 6) is 0.668. The molecule has 136 valence electrons. The monoisotopic (exact) mass is 349 g/mol. The van der Waals surface area contributed by atoms with Gasteiger partial charge in [0.2, 0.25) is 5.88 Å². The van der Waals surface area contributed by atoms with E-state index >= 15 is 0 Å². The summed E-state index contributed by atoms with van der Waals surface area (Å²) in [5.41, 5.74) is 15.1. The Bertz CT molecular complexity index is 857. The quantitative estimate of drug-likeness (QED) is 0.674. The molecular formula is C22H27N3O. The van der Waals surface area contributed by atoms with E-state index in [0.29, 0.717) is 12.5 Å². The third-order valence-electron chi connectivity index (χ3n) is 5.58. The standard InChI is InChI=1S/C22H27N3O/c1-15-12-17-4-3-5-19(17)22(23)21(15)18-6-9-24-20(13-18)26-14-16-7-10-25(2)11-8-16/h6-7,9,12-13H,3-5,8,10-11,14,23H2,1-2H3. The van der Waals surface area contributed by atoms with E-state index in [-0.39, 0.29) is 0 Å². The lowest BCUT2D eigenvalue weighted by molar-refractivity contribution is 0.306. The molecule has 0 spiro atoms. The van der Waals surface area contributed by atoms with Crippen LogP contribution in [0.4, 0.5) is 5.69 Å². The molecule has 0 fully saturated rings. The van der Waals surface area contributed by atoms with Crippen LogP contribution in [-0.4, -0.2) is 36.6 Å². The van der Waals surface area contributed by atoms with Crippen molar-refractivity contribution in [2.45, 2.75) is 32.6 Å². The predicted octanol–water partition coefficient (Wildman–Crippen LogP) is 3.77. The third kappa shape index (κ3) is 3.34. The van der Waals surface area contributed by atoms with Crippen LogP contribution in [0.2, 0.25) is 0 Å². The fraction of sp³-hybridized carbons (Fsp3) is 0.409. The molecule has 0 saturated heterocycles. The first-order valence-electron chi connectivity index (χ1n) is 9.48. The minimum atomic E-state index is 0.614. The Morgan fingerprint density at radius 3 is 2.92 bits per heavy atom. The van der Waals surface area contributed by atoms with Gasteiger partial charge in [0.1, 0.15) is 6.61 Å². The average molecular weight is 349 g/mol. The highest BCUT2D eigenvalue weighted by Gasteiger charge is 2.19. The van der Waals surface area contributed by atoms with Gasteiger partial charge in [0.15, 0.2) is 0 Å². The molecule has 0 bridgehead atoms. The van der Waals surface area contributed by atoms with Crippen molar-refractivity contribution in [2.75, 3.05) is 32.5 Å². The number of likely N-dealkylation sites (N-methyl/N-ethyl adjacent to an activating group) is 1. The first-order valence-corrected chi connectivity index (χ1v) is 9.48. The second kappa shape index (κ2) is 7.12. The number of anilines is 1. The number of nitrogen functional groups attached to an aromatic ring is 1. The Labute approximate surface area is 155 Å². The summed E-state index contributed by atoms with van der Waals surface area (Å²) < 4.78 is 5.98. The lowest BCUT2D eigenvalue weighted by Gasteiger charge is -2.22. The summed E-state index contributed by atoms with van der Waals surface area (Å²) in [5, 5.41) is 0. The fourth-order valence-corrected chi connectivity index (χ4v) is 4.07. The van der Waals surface area contributed by atoms with Crippen LogP contribution in [0.1, 0.15) is 29.5 Å². The summed E-state index contributed by atoms with van der Waals surface area (Å²) in [6, 6.07) is 6.36. The van der Waals surface area contributed by atoms with Gasteiger partial charge in [0.25, 0.3) is 0 Å². The van der Waals surface area contributed by atoms with Gasteiger partial charge in [0.05, 0.1) is 0 Å². The number of rotatable bonds is 4. The van der Waals surface area contributed by atoms with Gasteiger partial charge in [-0.25, -0.2) is 4.98 Å². The molecule has 2 aliphatic rings. The Morgan fingerprint density at radius 2 is 2.12 bits per heavy atom. The van der Waals surface area contributed by atoms with E-state index in [9.17, 15) is 0 Å². The highest BCUT2D eigenvalue weighted by molar-refractivity contribution is 5.83. The molecule has 2 aromatic rings. The van der Waals surface area contributed by atoms with E-state index in [4.69, 9.17) is 10.5 Å². The van der Waals surface area contributed by atoms with Gasteiger partial charge in [-0.05, 0) is 73.5 Å². The van der Waals surface area contributed by atoms with E-state index in [1.54, 1.807) is 0 Å². The van der Waals surface area contributed by atoms with Gasteiger partial charge < -0.3 is 15.4 Å². The van der Waals surface area contributed by atoms with Gasteiger partial charge >= 0.3 is 0 Å². The van der Waals surface area contributed by atoms with Gasteiger partial charge in [0, 0.05) is 36.6 Å². The van der Waals surface area contributed by atoms with Crippen LogP contribution < -0.4 is 10.5 Å². The summed E-state index contributed by atoms with van der Waals surface area (Å²) in [7, 11) is 2.14. The van der Waals surface area contributed by atoms with Crippen LogP contribution in [0.3, 0.4) is 0 Å². The number of nitrogens with two attached hydrogens (primary N) is 1. The number of benzene rings is 1. The van der Waals surface area contributed by atoms with Crippen molar-refractivity contribution in [2.24, 2.45) is 0 Å². The molecule has 1 aromatic heterocycles. The molecule has 1 aliphatic heterocycles. The number of fused-ring (bicyclic) bond motifs is 1. The number of hydrogen-bond acceptors (Lipinski definition) is 4. The smallest absolute Gasteiger partial charge is 0.214 e. The van der Waals surface area contributed by atoms with Crippen LogP contribution in [0.15, 0.2) is 36.0 Å². The molecule has 4 nitrogen and oxygen atoms in total. The van der Waals surface area contributed by atoms with E-state index in [1.807, 2.05) is 18.3 Å². The Morgan fingerprint density at radius 1 is 1.23 bits per heavy atom. The molecule has 0 unspecified atom stereocenters. The molecule has 0 radical (unpaired) electrons. The topological polar surface area (TPSA) is 51.4 Å². The number of aromatic nitrogens is 1. The predicted molar refractivity (Wildman–Crippen MR) is 107 cm³/mol. The molecular weight excluding hydrogens is 322 g/mol. The van der Waals surface area contributed by atoms with Crippen LogP contribution in [0.5, 0.6) is 5.88 Å². The maximum Gasteiger partial charge on any atom is 0.214 e. The number of hydrogen-bond donors (Lipinski definition) is 1. The molecule has 26 heavy (non-hydrogen) atoms. The second-order valence-corrected chi connectivity index (χ2v) is 7.52. The van der Waals surface area contributed by atoms with Crippen LogP contribution in [0, 0.1) is 6.92 Å². The maximum absolute atomic E-state index is 6.55. The molecule has 4 heteroatoms. The van der Waals surface area contributed by atoms with Crippen molar-refractivity contribution < 1.29 is 4.74 Å². The lowest BCUT2D eigenvalue weighted by atomic mass is 9.93. The number of aryl methyl sites for hydroxylation is 2. The molecule has 0 atom stereocenters. The number of pyridine rings is 1. The maximum atomic E-state index is 6.55. The zero-order valence-electron chi connectivity index (χ0n) is 15.7. The lowest BCUT2D eigenvalue weighted by Crippen LogP contribution is -2.25. The minimum absolute atomic E-state index is 0.614. The fourth-order valence-electron chi connectivity index (χ4n) is 4.07. The highest BCUT2D eigenvalue weighted by Crippen LogP contribution is 2.38. The van der Waals surface area contributed by atoms with Crippen molar-refractivity contribution in [3.8, 4) is 17.0 Å². The molecule has 0 amide bonds. The van der Waals surface area contributed by atoms with E-state index in [0.717, 1.165) is 49.2 Å². The summed E-state index contributed by atoms with van der Waals surface area (Å²) >= 11 is 0. The second-order valence-electron chi connectivity index (χ2n) is 7.52. The van der Waals surface area contributed by atoms with Crippen molar-refractivity contribution in [1.29, 1.82) is 0 Å². The number of nitrogens with zero attached hydrogens (tertiary/aromatic N) is 2. The van der Waals surface area contributed by atoms with E-state index in [1.165, 1.54) is 28.7 Å². The van der Waals surface area contributed by atoms with Crippen molar-refractivity contribution in [1.82, 2.24) is 9.88 Å². The molecule has 2 heterocycles. The Balaban J connectivity index is 1.57. The van der Waals surface area contributed by atoms with Crippen molar-refractivity contribution >= 4 is 5.69 Å². The minimum Gasteiger partial charge on any atom is -0.473 e. The average Bonchev–Trinajstić information content (AvgIpc) is 3.10. The highest BCUT2D eigenvalue weighted by atomic mass is 16.5. The molecule has 0 saturated carbocycles. The van der Waals surface area contributed by atoms with Crippen molar-refractivity contribution in [3.63, 3.8) is 0 Å². The molecule has 1 aliphatic carbocycles. The van der Waals surface area contributed by atoms with Gasteiger partial charge in [-0.15, -0.1) is 0 Å². The zero-order chi connectivity index (χ0) is 18.1. The van der Waals surface area contributed by atoms with Crippen LogP contribution in [-0.2, 0) is 12.8 Å². The summed E-state index contributed by atoms with van der Waals surface area (Å²) in [6.07, 6.45) is 8.58. The Hall–Kier alpha value is -2.33. The van der Waals surface area contributed by atoms with Crippen molar-refractivity contribution in [3.05, 3.63) is 52.7 Å². The first-order chi connectivity index (χ1) is 12.6. The van der Waals surface area contributed by atoms with E-state index in [2.05, 4.69) is 36.0 Å². The summed E-state index contributed by atoms with van der Waals surface area (Å²) in [6.45, 7) is 4.85. The SMILES string of the molecule is Cc1cc2c(c(N)c1-c1ccnc(OCC3=CCN(C)CC3)c1)CCC2.